The molecule has 1 aromatic heterocycles. The fraction of sp³-hybridized carbons (Fsp3) is 0.520. The smallest absolute Gasteiger partial charge is 0.276 e. The predicted octanol–water partition coefficient (Wildman–Crippen LogP) is 3.55. The molecule has 1 aliphatic carbocycles. The molecule has 2 aromatic rings. The summed E-state index contributed by atoms with van der Waals surface area (Å²) >= 11 is 0. The number of nitrogens with zero attached hydrogens (tertiary/aromatic N) is 3. The molecule has 0 radical (unpaired) electrons. The van der Waals surface area contributed by atoms with E-state index < -0.39 is 5.54 Å². The average molecular weight is 452 g/mol. The molecule has 0 saturated heterocycles. The number of carbonyl (C=O) groups excluding carboxylic acids is 3. The number of hydrogen-bond donors (Lipinski definition) is 2. The van der Waals surface area contributed by atoms with Gasteiger partial charge in [-0.25, -0.2) is 0 Å². The van der Waals surface area contributed by atoms with Gasteiger partial charge in [0.2, 0.25) is 5.91 Å². The third kappa shape index (κ3) is 4.38. The Morgan fingerprint density at radius 2 is 1.85 bits per heavy atom. The van der Waals surface area contributed by atoms with Crippen molar-refractivity contribution in [1.82, 2.24) is 20.0 Å². The van der Waals surface area contributed by atoms with Gasteiger partial charge in [0, 0.05) is 24.3 Å². The summed E-state index contributed by atoms with van der Waals surface area (Å²) in [6.07, 6.45) is 4.16. The number of carbonyl (C=O) groups is 3. The summed E-state index contributed by atoms with van der Waals surface area (Å²) in [6, 6.07) is 9.35. The Balaban J connectivity index is 1.54. The second-order valence-corrected chi connectivity index (χ2v) is 9.58. The summed E-state index contributed by atoms with van der Waals surface area (Å²) in [5.41, 5.74) is 1.27. The predicted molar refractivity (Wildman–Crippen MR) is 126 cm³/mol. The van der Waals surface area contributed by atoms with Gasteiger partial charge in [0.1, 0.15) is 11.2 Å². The minimum atomic E-state index is -1.06. The summed E-state index contributed by atoms with van der Waals surface area (Å²) in [4.78, 5) is 40.9. The number of aromatic nitrogens is 2. The molecule has 0 spiro atoms. The molecule has 0 bridgehead atoms. The van der Waals surface area contributed by atoms with Gasteiger partial charge >= 0.3 is 0 Å². The molecular weight excluding hydrogens is 418 g/mol. The van der Waals surface area contributed by atoms with E-state index in [1.807, 2.05) is 31.2 Å². The van der Waals surface area contributed by atoms with Gasteiger partial charge in [-0.15, -0.1) is 0 Å². The Bertz CT molecular complexity index is 1050. The van der Waals surface area contributed by atoms with Gasteiger partial charge in [-0.3, -0.25) is 19.1 Å². The van der Waals surface area contributed by atoms with Gasteiger partial charge in [-0.2, -0.15) is 5.10 Å². The van der Waals surface area contributed by atoms with Gasteiger partial charge in [-0.1, -0.05) is 38.8 Å². The van der Waals surface area contributed by atoms with Crippen LogP contribution in [0.1, 0.15) is 85.8 Å². The molecule has 33 heavy (non-hydrogen) atoms. The second-order valence-electron chi connectivity index (χ2n) is 9.58. The highest BCUT2D eigenvalue weighted by atomic mass is 16.2. The first-order valence-electron chi connectivity index (χ1n) is 11.8. The molecule has 176 valence electrons. The first-order chi connectivity index (χ1) is 15.7. The molecule has 1 aliphatic heterocycles. The molecular formula is C25H33N5O3. The van der Waals surface area contributed by atoms with Crippen LogP contribution in [-0.2, 0) is 11.3 Å². The Labute approximate surface area is 194 Å². The van der Waals surface area contributed by atoms with Crippen LogP contribution in [0.5, 0.6) is 0 Å². The van der Waals surface area contributed by atoms with E-state index in [0.717, 1.165) is 25.7 Å². The zero-order chi connectivity index (χ0) is 23.8. The van der Waals surface area contributed by atoms with Crippen molar-refractivity contribution >= 4 is 23.4 Å². The van der Waals surface area contributed by atoms with Gasteiger partial charge < -0.3 is 15.5 Å². The molecule has 4 rings (SSSR count). The van der Waals surface area contributed by atoms with E-state index in [1.165, 1.54) is 16.3 Å². The van der Waals surface area contributed by atoms with Crippen LogP contribution in [0, 0.1) is 0 Å². The van der Waals surface area contributed by atoms with E-state index in [-0.39, 0.29) is 36.0 Å². The molecule has 2 N–H and O–H groups in total. The number of benzene rings is 1. The maximum absolute atomic E-state index is 13.3. The lowest BCUT2D eigenvalue weighted by Crippen LogP contribution is -2.64. The highest BCUT2D eigenvalue weighted by Gasteiger charge is 2.48. The van der Waals surface area contributed by atoms with Crippen molar-refractivity contribution in [3.8, 4) is 0 Å². The van der Waals surface area contributed by atoms with Crippen molar-refractivity contribution in [1.29, 1.82) is 0 Å². The SMILES string of the molecule is CCN1C(=O)c2cc(C(=O)Nc3ccc(C(C)C)cc3)nn2C[C@@]1(C)C(=O)NC1CCCC1. The average Bonchev–Trinajstić information content (AvgIpc) is 3.44. The Kier molecular flexibility index (Phi) is 6.28. The Morgan fingerprint density at radius 1 is 1.18 bits per heavy atom. The van der Waals surface area contributed by atoms with Crippen LogP contribution in [0.3, 0.4) is 0 Å². The fourth-order valence-electron chi connectivity index (χ4n) is 4.80. The van der Waals surface area contributed by atoms with Crippen LogP contribution in [0.15, 0.2) is 30.3 Å². The lowest BCUT2D eigenvalue weighted by atomic mass is 9.94. The molecule has 8 heteroatoms. The topological polar surface area (TPSA) is 96.3 Å². The van der Waals surface area contributed by atoms with Crippen LogP contribution >= 0.6 is 0 Å². The van der Waals surface area contributed by atoms with Gasteiger partial charge in [0.15, 0.2) is 5.69 Å². The number of rotatable bonds is 6. The van der Waals surface area contributed by atoms with Crippen LogP contribution in [0.25, 0.3) is 0 Å². The van der Waals surface area contributed by atoms with E-state index in [9.17, 15) is 14.4 Å². The van der Waals surface area contributed by atoms with E-state index in [2.05, 4.69) is 29.6 Å². The molecule has 3 amide bonds. The normalized spacial score (nSPS) is 20.8. The molecule has 8 nitrogen and oxygen atoms in total. The van der Waals surface area contributed by atoms with Gasteiger partial charge in [0.25, 0.3) is 11.8 Å². The first kappa shape index (κ1) is 23.0. The van der Waals surface area contributed by atoms with E-state index in [0.29, 0.717) is 23.8 Å². The highest BCUT2D eigenvalue weighted by molar-refractivity contribution is 6.06. The van der Waals surface area contributed by atoms with Crippen molar-refractivity contribution in [3.63, 3.8) is 0 Å². The Hall–Kier alpha value is -3.16. The van der Waals surface area contributed by atoms with Crippen molar-refractivity contribution < 1.29 is 14.4 Å². The van der Waals surface area contributed by atoms with Crippen LogP contribution < -0.4 is 10.6 Å². The number of likely N-dealkylation sites (N-methyl/N-ethyl adjacent to an activating group) is 1. The summed E-state index contributed by atoms with van der Waals surface area (Å²) < 4.78 is 1.50. The van der Waals surface area contributed by atoms with E-state index >= 15 is 0 Å². The summed E-state index contributed by atoms with van der Waals surface area (Å²) in [7, 11) is 0. The van der Waals surface area contributed by atoms with Crippen molar-refractivity contribution in [2.75, 3.05) is 11.9 Å². The first-order valence-corrected chi connectivity index (χ1v) is 11.8. The second kappa shape index (κ2) is 9.00. The van der Waals surface area contributed by atoms with E-state index in [1.54, 1.807) is 11.8 Å². The standard InChI is InChI=1S/C25H33N5O3/c1-5-29-23(32)21-14-20(22(31)26-19-12-10-17(11-13-19)16(2)3)28-30(21)15-25(29,4)24(33)27-18-8-6-7-9-18/h10-14,16,18H,5-9,15H2,1-4H3,(H,26,31)(H,27,33)/t25-/m0/s1. The molecule has 1 aromatic carbocycles. The number of nitrogens with one attached hydrogen (secondary N) is 2. The number of hydrogen-bond acceptors (Lipinski definition) is 4. The third-order valence-electron chi connectivity index (χ3n) is 6.86. The lowest BCUT2D eigenvalue weighted by Gasteiger charge is -2.43. The van der Waals surface area contributed by atoms with Crippen molar-refractivity contribution in [2.45, 2.75) is 77.4 Å². The molecule has 1 fully saturated rings. The summed E-state index contributed by atoms with van der Waals surface area (Å²) in [6.45, 7) is 8.46. The zero-order valence-corrected chi connectivity index (χ0v) is 19.9. The largest absolute Gasteiger partial charge is 0.351 e. The number of fused-ring (bicyclic) bond motifs is 1. The Morgan fingerprint density at radius 3 is 2.45 bits per heavy atom. The van der Waals surface area contributed by atoms with Gasteiger partial charge in [0.05, 0.1) is 6.54 Å². The lowest BCUT2D eigenvalue weighted by molar-refractivity contribution is -0.133. The quantitative estimate of drug-likeness (QED) is 0.702. The van der Waals surface area contributed by atoms with Gasteiger partial charge in [-0.05, 0) is 50.3 Å². The summed E-state index contributed by atoms with van der Waals surface area (Å²) in [5, 5.41) is 10.4. The van der Waals surface area contributed by atoms with Crippen molar-refractivity contribution in [3.05, 3.63) is 47.3 Å². The monoisotopic (exact) mass is 451 g/mol. The molecule has 1 atom stereocenters. The summed E-state index contributed by atoms with van der Waals surface area (Å²) in [5.74, 6) is -0.438. The molecule has 2 heterocycles. The number of amides is 3. The maximum atomic E-state index is 13.3. The van der Waals surface area contributed by atoms with Crippen molar-refractivity contribution in [2.24, 2.45) is 0 Å². The zero-order valence-electron chi connectivity index (χ0n) is 19.9. The van der Waals surface area contributed by atoms with Crippen LogP contribution in [0.2, 0.25) is 0 Å². The van der Waals surface area contributed by atoms with Crippen LogP contribution in [0.4, 0.5) is 5.69 Å². The molecule has 1 saturated carbocycles. The van der Waals surface area contributed by atoms with Crippen LogP contribution in [-0.4, -0.2) is 50.5 Å². The van der Waals surface area contributed by atoms with E-state index in [4.69, 9.17) is 0 Å². The highest BCUT2D eigenvalue weighted by Crippen LogP contribution is 2.29. The third-order valence-corrected chi connectivity index (χ3v) is 6.86. The molecule has 0 unspecified atom stereocenters. The minimum Gasteiger partial charge on any atom is -0.351 e. The maximum Gasteiger partial charge on any atom is 0.276 e. The molecule has 2 aliphatic rings. The fourth-order valence-corrected chi connectivity index (χ4v) is 4.80. The number of anilines is 1. The minimum absolute atomic E-state index is 0.155.